The molecule has 3 rings (SSSR count). The van der Waals surface area contributed by atoms with Crippen LogP contribution in [0.3, 0.4) is 0 Å². The molecule has 198 valence electrons. The van der Waals surface area contributed by atoms with E-state index in [-0.39, 0.29) is 17.2 Å². The van der Waals surface area contributed by atoms with Crippen molar-refractivity contribution in [3.05, 3.63) is 98.5 Å². The van der Waals surface area contributed by atoms with Crippen LogP contribution in [0, 0.1) is 25.7 Å². The number of ether oxygens (including phenoxy) is 2. The van der Waals surface area contributed by atoms with Gasteiger partial charge in [0, 0.05) is 19.4 Å². The van der Waals surface area contributed by atoms with Crippen molar-refractivity contribution in [1.29, 1.82) is 0 Å². The van der Waals surface area contributed by atoms with E-state index in [1.165, 1.54) is 29.6 Å². The van der Waals surface area contributed by atoms with Gasteiger partial charge in [0.1, 0.15) is 12.2 Å². The molecule has 1 fully saturated rings. The lowest BCUT2D eigenvalue weighted by molar-refractivity contribution is 0.117. The molecule has 5 heteroatoms. The van der Waals surface area contributed by atoms with Crippen molar-refractivity contribution in [1.82, 2.24) is 0 Å². The van der Waals surface area contributed by atoms with Gasteiger partial charge < -0.3 is 13.9 Å². The number of hydrogen-bond acceptors (Lipinski definition) is 4. The minimum atomic E-state index is -2.55. The molecule has 0 bridgehead atoms. The fourth-order valence-corrected chi connectivity index (χ4v) is 9.36. The van der Waals surface area contributed by atoms with Crippen LogP contribution >= 0.6 is 0 Å². The largest absolute Gasteiger partial charge is 0.509 e. The lowest BCUT2D eigenvalue weighted by atomic mass is 10.0. The van der Waals surface area contributed by atoms with Crippen LogP contribution < -0.4 is 10.4 Å². The quantitative estimate of drug-likeness (QED) is 0.112. The summed E-state index contributed by atoms with van der Waals surface area (Å²) in [5.41, 5.74) is 0. The summed E-state index contributed by atoms with van der Waals surface area (Å²) in [7, 11) is -2.55. The van der Waals surface area contributed by atoms with Gasteiger partial charge in [0.2, 0.25) is 0 Å². The lowest BCUT2D eigenvalue weighted by Gasteiger charge is -2.43. The number of cyclic esters (lactones) is 2. The molecule has 1 saturated heterocycles. The van der Waals surface area contributed by atoms with E-state index in [0.29, 0.717) is 13.0 Å². The zero-order valence-electron chi connectivity index (χ0n) is 22.8. The second-order valence-electron chi connectivity index (χ2n) is 10.5. The maximum Gasteiger partial charge on any atom is 0.509 e. The van der Waals surface area contributed by atoms with Crippen LogP contribution in [0.2, 0.25) is 5.04 Å². The Labute approximate surface area is 225 Å². The van der Waals surface area contributed by atoms with Crippen molar-refractivity contribution in [2.45, 2.75) is 77.0 Å². The van der Waals surface area contributed by atoms with Crippen LogP contribution in [0.4, 0.5) is 4.79 Å². The van der Waals surface area contributed by atoms with E-state index in [1.54, 1.807) is 0 Å². The first-order valence-corrected chi connectivity index (χ1v) is 15.4. The van der Waals surface area contributed by atoms with Gasteiger partial charge in [0.05, 0.1) is 0 Å². The third-order valence-electron chi connectivity index (χ3n) is 6.72. The molecule has 1 aliphatic heterocycles. The maximum atomic E-state index is 11.7. The predicted molar refractivity (Wildman–Crippen MR) is 154 cm³/mol. The molecule has 0 aliphatic carbocycles. The third kappa shape index (κ3) is 8.05. The first-order chi connectivity index (χ1) is 17.9. The second kappa shape index (κ2) is 14.5. The van der Waals surface area contributed by atoms with Crippen molar-refractivity contribution in [3.63, 3.8) is 0 Å². The normalized spacial score (nSPS) is 18.2. The van der Waals surface area contributed by atoms with Crippen LogP contribution in [0.1, 0.15) is 59.8 Å². The molecule has 2 aromatic rings. The predicted octanol–water partition coefficient (Wildman–Crippen LogP) is 6.81. The van der Waals surface area contributed by atoms with Gasteiger partial charge in [0.15, 0.2) is 0 Å². The Kier molecular flexibility index (Phi) is 11.5. The summed E-state index contributed by atoms with van der Waals surface area (Å²) in [5, 5.41) is 2.46. The first-order valence-electron chi connectivity index (χ1n) is 13.5. The van der Waals surface area contributed by atoms with Gasteiger partial charge in [-0.15, -0.1) is 0 Å². The second-order valence-corrected chi connectivity index (χ2v) is 14.8. The minimum absolute atomic E-state index is 0.0634. The van der Waals surface area contributed by atoms with Crippen molar-refractivity contribution >= 4 is 24.8 Å². The van der Waals surface area contributed by atoms with Gasteiger partial charge in [-0.25, -0.2) is 4.79 Å². The summed E-state index contributed by atoms with van der Waals surface area (Å²) in [6, 6.07) is 21.3. The topological polar surface area (TPSA) is 44.8 Å². The molecule has 2 atom stereocenters. The van der Waals surface area contributed by atoms with E-state index in [2.05, 4.69) is 101 Å². The number of rotatable bonds is 15. The Morgan fingerprint density at radius 1 is 0.892 bits per heavy atom. The Hall–Kier alpha value is -2.37. The van der Waals surface area contributed by atoms with Crippen molar-refractivity contribution in [2.75, 3.05) is 6.61 Å². The van der Waals surface area contributed by atoms with Crippen LogP contribution in [-0.4, -0.2) is 33.3 Å². The molecular weight excluding hydrogens is 476 g/mol. The van der Waals surface area contributed by atoms with Crippen molar-refractivity contribution in [2.24, 2.45) is 0 Å². The molecule has 0 saturated carbocycles. The fraction of sp³-hybridized carbons (Fsp3) is 0.406. The Bertz CT molecular complexity index is 912. The highest BCUT2D eigenvalue weighted by Crippen LogP contribution is 2.36. The summed E-state index contributed by atoms with van der Waals surface area (Å²) in [6.45, 7) is 9.51. The molecule has 37 heavy (non-hydrogen) atoms. The summed E-state index contributed by atoms with van der Waals surface area (Å²) >= 11 is 0. The fourth-order valence-electron chi connectivity index (χ4n) is 4.85. The molecule has 0 amide bonds. The summed E-state index contributed by atoms with van der Waals surface area (Å²) < 4.78 is 17.6. The standard InChI is InChI=1S/C32H42O4Si/c1-5-6-7-8-9-17-24-29-30(36-31(33)35-29)25-18-12-19-26-34-37(32(2,3)4,27-20-13-10-14-21-27)28-22-15-11-16-23-28/h9-23,25,29-30H,5-8,24,26H2,1-4H3/b17-9+/t29-,30+/m0/s1. The number of hydrogen-bond donors (Lipinski definition) is 0. The lowest BCUT2D eigenvalue weighted by Crippen LogP contribution is -2.66. The van der Waals surface area contributed by atoms with E-state index in [0.717, 1.165) is 6.42 Å². The molecule has 4 nitrogen and oxygen atoms in total. The van der Waals surface area contributed by atoms with E-state index < -0.39 is 14.5 Å². The van der Waals surface area contributed by atoms with E-state index in [4.69, 9.17) is 13.9 Å². The number of carbonyl (C=O) groups excluding carboxylic acids is 1. The van der Waals surface area contributed by atoms with E-state index >= 15 is 0 Å². The Morgan fingerprint density at radius 3 is 2.14 bits per heavy atom. The molecule has 1 aliphatic rings. The van der Waals surface area contributed by atoms with E-state index in [9.17, 15) is 4.79 Å². The maximum absolute atomic E-state index is 11.7. The van der Waals surface area contributed by atoms with Gasteiger partial charge in [-0.1, -0.05) is 113 Å². The summed E-state index contributed by atoms with van der Waals surface area (Å²) in [4.78, 5) is 11.7. The summed E-state index contributed by atoms with van der Waals surface area (Å²) in [5.74, 6) is 0. The van der Waals surface area contributed by atoms with E-state index in [1.807, 2.05) is 25.7 Å². The third-order valence-corrected chi connectivity index (χ3v) is 11.7. The highest BCUT2D eigenvalue weighted by molar-refractivity contribution is 6.99. The zero-order chi connectivity index (χ0) is 26.6. The molecular formula is C32H42O4Si. The van der Waals surface area contributed by atoms with Gasteiger partial charge in [-0.2, -0.15) is 0 Å². The van der Waals surface area contributed by atoms with Crippen molar-refractivity contribution in [3.8, 4) is 0 Å². The molecule has 0 spiro atoms. The number of allylic oxidation sites excluding steroid dienone is 1. The zero-order valence-corrected chi connectivity index (χ0v) is 23.8. The number of benzene rings is 2. The van der Waals surface area contributed by atoms with Crippen LogP contribution in [-0.2, 0) is 13.9 Å². The summed E-state index contributed by atoms with van der Waals surface area (Å²) in [6.07, 6.45) is 16.2. The molecule has 0 N–H and O–H groups in total. The van der Waals surface area contributed by atoms with Crippen LogP contribution in [0.25, 0.3) is 0 Å². The van der Waals surface area contributed by atoms with Gasteiger partial charge in [0.25, 0.3) is 8.32 Å². The Morgan fingerprint density at radius 2 is 1.54 bits per heavy atom. The molecule has 1 heterocycles. The van der Waals surface area contributed by atoms with Gasteiger partial charge in [-0.05, 0) is 47.5 Å². The molecule has 4 radical (unpaired) electrons. The first kappa shape index (κ1) is 29.2. The SMILES string of the molecule is CCCCC/C=C/C[C@@H]1OC(=O)O[C@@H]1[CH][CH][CH][CH]CO[Si](c1ccccc1)(c1ccccc1)C(C)(C)C. The number of carbonyl (C=O) groups is 1. The highest BCUT2D eigenvalue weighted by Gasteiger charge is 2.50. The van der Waals surface area contributed by atoms with Crippen LogP contribution in [0.15, 0.2) is 72.8 Å². The molecule has 0 unspecified atom stereocenters. The van der Waals surface area contributed by atoms with Gasteiger partial charge >= 0.3 is 6.16 Å². The van der Waals surface area contributed by atoms with Crippen LogP contribution in [0.5, 0.6) is 0 Å². The van der Waals surface area contributed by atoms with Crippen molar-refractivity contribution < 1.29 is 18.7 Å². The Balaban J connectivity index is 1.53. The minimum Gasteiger partial charge on any atom is -0.427 e. The average molecular weight is 519 g/mol. The molecule has 2 aromatic carbocycles. The highest BCUT2D eigenvalue weighted by atomic mass is 28.4. The molecule has 0 aromatic heterocycles. The smallest absolute Gasteiger partial charge is 0.427 e. The van der Waals surface area contributed by atoms with Gasteiger partial charge in [-0.3, -0.25) is 0 Å². The number of unbranched alkanes of at least 4 members (excludes halogenated alkanes) is 5. The monoisotopic (exact) mass is 518 g/mol. The average Bonchev–Trinajstić information content (AvgIpc) is 3.25.